The quantitative estimate of drug-likeness (QED) is 0.804. The monoisotopic (exact) mass is 356 g/mol. The van der Waals surface area contributed by atoms with E-state index in [9.17, 15) is 14.4 Å². The maximum atomic E-state index is 13.1. The van der Waals surface area contributed by atoms with E-state index >= 15 is 0 Å². The molecule has 0 bridgehead atoms. The smallest absolute Gasteiger partial charge is 0.407 e. The van der Waals surface area contributed by atoms with Gasteiger partial charge in [0.25, 0.3) is 11.5 Å². The van der Waals surface area contributed by atoms with Crippen molar-refractivity contribution in [1.82, 2.24) is 19.4 Å². The van der Waals surface area contributed by atoms with Crippen LogP contribution in [0.4, 0.5) is 4.79 Å². The third-order valence-corrected chi connectivity index (χ3v) is 5.54. The molecule has 1 saturated carbocycles. The SMILES string of the molecule is C=CCn1cc(C(=O)N(C)C2[C@H]3CN(C(=O)O)C[C@@H]23)c2cc[nH]c2c1=O. The third-order valence-electron chi connectivity index (χ3n) is 5.54. The van der Waals surface area contributed by atoms with Crippen LogP contribution in [0.2, 0.25) is 0 Å². The van der Waals surface area contributed by atoms with E-state index < -0.39 is 6.09 Å². The lowest BCUT2D eigenvalue weighted by molar-refractivity contribution is 0.0758. The minimum atomic E-state index is -0.907. The zero-order valence-corrected chi connectivity index (χ0v) is 14.4. The number of H-pyrrole nitrogens is 1. The second-order valence-electron chi connectivity index (χ2n) is 6.98. The first-order valence-corrected chi connectivity index (χ1v) is 8.50. The molecule has 2 N–H and O–H groups in total. The summed E-state index contributed by atoms with van der Waals surface area (Å²) in [4.78, 5) is 42.6. The molecule has 3 heterocycles. The summed E-state index contributed by atoms with van der Waals surface area (Å²) in [5.41, 5.74) is 0.675. The van der Waals surface area contributed by atoms with E-state index in [4.69, 9.17) is 5.11 Å². The minimum absolute atomic E-state index is 0.0480. The summed E-state index contributed by atoms with van der Waals surface area (Å²) in [5.74, 6) is 0.232. The molecule has 2 fully saturated rings. The standard InChI is InChI=1S/C18H20N4O4/c1-3-6-21-9-13(10-4-5-19-14(10)17(21)24)16(23)20(2)15-11-7-22(18(25)26)8-12(11)15/h3-5,9,11-12,15,19H,1,6-8H2,2H3,(H,25,26)/t11-,12+,15?. The van der Waals surface area contributed by atoms with Gasteiger partial charge in [-0.1, -0.05) is 6.08 Å². The van der Waals surface area contributed by atoms with E-state index in [1.165, 1.54) is 9.47 Å². The van der Waals surface area contributed by atoms with Gasteiger partial charge in [0.1, 0.15) is 5.52 Å². The topological polar surface area (TPSA) is 98.6 Å². The fourth-order valence-electron chi connectivity index (χ4n) is 4.19. The van der Waals surface area contributed by atoms with Crippen LogP contribution >= 0.6 is 0 Å². The molecule has 2 amide bonds. The molecule has 1 aliphatic heterocycles. The number of fused-ring (bicyclic) bond motifs is 2. The van der Waals surface area contributed by atoms with Gasteiger partial charge in [0, 0.05) is 62.3 Å². The zero-order chi connectivity index (χ0) is 18.6. The normalized spacial score (nSPS) is 23.7. The molecule has 26 heavy (non-hydrogen) atoms. The highest BCUT2D eigenvalue weighted by Gasteiger charge is 2.59. The predicted molar refractivity (Wildman–Crippen MR) is 95.2 cm³/mol. The second-order valence-corrected chi connectivity index (χ2v) is 6.98. The van der Waals surface area contributed by atoms with Gasteiger partial charge >= 0.3 is 6.09 Å². The molecule has 8 nitrogen and oxygen atoms in total. The summed E-state index contributed by atoms with van der Waals surface area (Å²) in [6, 6.07) is 1.78. The van der Waals surface area contributed by atoms with Crippen LogP contribution < -0.4 is 5.56 Å². The summed E-state index contributed by atoms with van der Waals surface area (Å²) >= 11 is 0. The Hall–Kier alpha value is -3.03. The van der Waals surface area contributed by atoms with Gasteiger partial charge in [-0.15, -0.1) is 6.58 Å². The van der Waals surface area contributed by atoms with E-state index in [-0.39, 0.29) is 29.3 Å². The maximum absolute atomic E-state index is 13.1. The number of pyridine rings is 1. The van der Waals surface area contributed by atoms with Gasteiger partial charge in [-0.05, 0) is 6.07 Å². The van der Waals surface area contributed by atoms with Crippen molar-refractivity contribution in [2.45, 2.75) is 12.6 Å². The largest absolute Gasteiger partial charge is 0.465 e. The summed E-state index contributed by atoms with van der Waals surface area (Å²) < 4.78 is 1.47. The molecule has 2 aromatic heterocycles. The number of nitrogens with one attached hydrogen (secondary N) is 1. The van der Waals surface area contributed by atoms with Gasteiger partial charge in [0.05, 0.1) is 5.56 Å². The van der Waals surface area contributed by atoms with Crippen LogP contribution in [-0.2, 0) is 6.54 Å². The lowest BCUT2D eigenvalue weighted by Gasteiger charge is -2.23. The maximum Gasteiger partial charge on any atom is 0.407 e. The van der Waals surface area contributed by atoms with Crippen molar-refractivity contribution in [2.75, 3.05) is 20.1 Å². The second kappa shape index (κ2) is 5.76. The van der Waals surface area contributed by atoms with Gasteiger partial charge < -0.3 is 24.5 Å². The molecule has 1 saturated heterocycles. The molecule has 1 unspecified atom stereocenters. The van der Waals surface area contributed by atoms with Gasteiger partial charge in [-0.25, -0.2) is 4.79 Å². The zero-order valence-electron chi connectivity index (χ0n) is 14.4. The molecule has 0 aromatic carbocycles. The summed E-state index contributed by atoms with van der Waals surface area (Å²) in [5, 5.41) is 9.67. The number of aromatic nitrogens is 2. The number of hydrogen-bond donors (Lipinski definition) is 2. The molecule has 8 heteroatoms. The van der Waals surface area contributed by atoms with E-state index in [0.29, 0.717) is 36.1 Å². The van der Waals surface area contributed by atoms with Crippen LogP contribution in [0, 0.1) is 11.8 Å². The molecular formula is C18H20N4O4. The minimum Gasteiger partial charge on any atom is -0.465 e. The number of rotatable bonds is 4. The van der Waals surface area contributed by atoms with Crippen molar-refractivity contribution in [2.24, 2.45) is 11.8 Å². The molecule has 0 spiro atoms. The number of hydrogen-bond acceptors (Lipinski definition) is 3. The first-order chi connectivity index (χ1) is 12.4. The van der Waals surface area contributed by atoms with Gasteiger partial charge in [0.2, 0.25) is 0 Å². The van der Waals surface area contributed by atoms with Crippen molar-refractivity contribution in [3.63, 3.8) is 0 Å². The van der Waals surface area contributed by atoms with Gasteiger partial charge in [-0.3, -0.25) is 9.59 Å². The van der Waals surface area contributed by atoms with Crippen LogP contribution in [0.3, 0.4) is 0 Å². The van der Waals surface area contributed by atoms with E-state index in [1.807, 2.05) is 0 Å². The van der Waals surface area contributed by atoms with Crippen LogP contribution in [0.25, 0.3) is 10.9 Å². The van der Waals surface area contributed by atoms with Crippen LogP contribution in [-0.4, -0.2) is 62.6 Å². The molecule has 3 atom stereocenters. The summed E-state index contributed by atoms with van der Waals surface area (Å²) in [6.07, 6.45) is 3.94. The predicted octanol–water partition coefficient (Wildman–Crippen LogP) is 1.20. The van der Waals surface area contributed by atoms with Crippen molar-refractivity contribution in [1.29, 1.82) is 0 Å². The Morgan fingerprint density at radius 1 is 1.42 bits per heavy atom. The number of carbonyl (C=O) groups excluding carboxylic acids is 1. The Morgan fingerprint density at radius 3 is 2.73 bits per heavy atom. The van der Waals surface area contributed by atoms with Crippen molar-refractivity contribution in [3.05, 3.63) is 47.0 Å². The number of nitrogens with zero attached hydrogens (tertiary/aromatic N) is 3. The Balaban J connectivity index is 1.62. The average Bonchev–Trinajstić information content (AvgIpc) is 2.99. The Morgan fingerprint density at radius 2 is 2.12 bits per heavy atom. The van der Waals surface area contributed by atoms with Crippen LogP contribution in [0.15, 0.2) is 35.9 Å². The number of carboxylic acid groups (broad SMARTS) is 1. The Kier molecular flexibility index (Phi) is 3.64. The fourth-order valence-corrected chi connectivity index (χ4v) is 4.19. The Bertz CT molecular complexity index is 963. The number of aromatic amines is 1. The molecule has 0 radical (unpaired) electrons. The molecular weight excluding hydrogens is 336 g/mol. The van der Waals surface area contributed by atoms with E-state index in [1.54, 1.807) is 36.5 Å². The highest BCUT2D eigenvalue weighted by Crippen LogP contribution is 2.48. The average molecular weight is 356 g/mol. The lowest BCUT2D eigenvalue weighted by atomic mass is 10.1. The van der Waals surface area contributed by atoms with E-state index in [0.717, 1.165) is 0 Å². The number of amides is 2. The third kappa shape index (κ3) is 2.33. The number of likely N-dealkylation sites (tertiary alicyclic amines) is 1. The van der Waals surface area contributed by atoms with Crippen LogP contribution in [0.1, 0.15) is 10.4 Å². The number of piperidine rings is 1. The number of allylic oxidation sites excluding steroid dienone is 1. The molecule has 136 valence electrons. The van der Waals surface area contributed by atoms with Crippen molar-refractivity contribution >= 4 is 22.9 Å². The lowest BCUT2D eigenvalue weighted by Crippen LogP contribution is -2.38. The van der Waals surface area contributed by atoms with Crippen molar-refractivity contribution < 1.29 is 14.7 Å². The Labute approximate surface area is 149 Å². The first-order valence-electron chi connectivity index (χ1n) is 8.50. The first kappa shape index (κ1) is 16.4. The van der Waals surface area contributed by atoms with Gasteiger partial charge in [-0.2, -0.15) is 0 Å². The molecule has 2 aliphatic rings. The number of carbonyl (C=O) groups is 2. The summed E-state index contributed by atoms with van der Waals surface area (Å²) in [7, 11) is 1.75. The van der Waals surface area contributed by atoms with Crippen molar-refractivity contribution in [3.8, 4) is 0 Å². The highest BCUT2D eigenvalue weighted by atomic mass is 16.4. The summed E-state index contributed by atoms with van der Waals surface area (Å²) in [6.45, 7) is 4.91. The molecule has 4 rings (SSSR count). The molecule has 2 aromatic rings. The van der Waals surface area contributed by atoms with Gasteiger partial charge in [0.15, 0.2) is 0 Å². The van der Waals surface area contributed by atoms with E-state index in [2.05, 4.69) is 11.6 Å². The van der Waals surface area contributed by atoms with Crippen LogP contribution in [0.5, 0.6) is 0 Å². The molecule has 1 aliphatic carbocycles. The fraction of sp³-hybridized carbons (Fsp3) is 0.389. The highest BCUT2D eigenvalue weighted by molar-refractivity contribution is 6.06.